The molecule has 0 aromatic heterocycles. The molecular weight excluding hydrogens is 94.1 g/mol. The van der Waals surface area contributed by atoms with Crippen LogP contribution in [0.1, 0.15) is 6.92 Å². The van der Waals surface area contributed by atoms with Gasteiger partial charge in [0.15, 0.2) is 0 Å². The van der Waals surface area contributed by atoms with Gasteiger partial charge in [-0.3, -0.25) is 5.41 Å². The first-order valence-corrected chi connectivity index (χ1v) is 2.48. The molecule has 0 saturated heterocycles. The minimum Gasteiger partial charge on any atom is -0.298 e. The van der Waals surface area contributed by atoms with E-state index in [1.54, 1.807) is 12.3 Å². The van der Waals surface area contributed by atoms with Crippen molar-refractivity contribution in [2.45, 2.75) is 6.92 Å². The van der Waals surface area contributed by atoms with E-state index < -0.39 is 0 Å². The van der Waals surface area contributed by atoms with Gasteiger partial charge in [-0.2, -0.15) is 0 Å². The Morgan fingerprint density at radius 2 is 2.50 bits per heavy atom. The maximum absolute atomic E-state index is 6.79. The number of rotatable bonds is 1. The molecule has 0 bridgehead atoms. The highest BCUT2D eigenvalue weighted by Crippen LogP contribution is 1.98. The molecule has 0 atom stereocenters. The van der Waals surface area contributed by atoms with Crippen molar-refractivity contribution in [3.63, 3.8) is 0 Å². The highest BCUT2D eigenvalue weighted by atomic mass is 32.2. The van der Waals surface area contributed by atoms with E-state index in [0.29, 0.717) is 5.04 Å². The fraction of sp³-hybridized carbons (Fsp3) is 0.250. The highest BCUT2D eigenvalue weighted by Gasteiger charge is 1.74. The summed E-state index contributed by atoms with van der Waals surface area (Å²) in [6.45, 7) is 5.15. The van der Waals surface area contributed by atoms with Crippen molar-refractivity contribution >= 4 is 16.8 Å². The summed E-state index contributed by atoms with van der Waals surface area (Å²) in [7, 11) is 0. The van der Waals surface area contributed by atoms with Gasteiger partial charge in [-0.05, 0) is 12.3 Å². The Hall–Kier alpha value is -0.240. The van der Waals surface area contributed by atoms with Crippen molar-refractivity contribution in [1.29, 1.82) is 5.41 Å². The van der Waals surface area contributed by atoms with Crippen LogP contribution in [0.2, 0.25) is 0 Å². The second-order valence-corrected chi connectivity index (χ2v) is 2.02. The first-order valence-electron chi connectivity index (χ1n) is 1.60. The molecule has 0 amide bonds. The van der Waals surface area contributed by atoms with Crippen LogP contribution in [0.5, 0.6) is 0 Å². The Morgan fingerprint density at radius 1 is 2.00 bits per heavy atom. The van der Waals surface area contributed by atoms with E-state index in [9.17, 15) is 0 Å². The minimum atomic E-state index is 0.588. The van der Waals surface area contributed by atoms with Crippen molar-refractivity contribution in [1.82, 2.24) is 0 Å². The molecule has 0 radical (unpaired) electrons. The summed E-state index contributed by atoms with van der Waals surface area (Å²) in [6, 6.07) is 0. The third kappa shape index (κ3) is 3.76. The molecular formula is C4H7NS. The summed E-state index contributed by atoms with van der Waals surface area (Å²) in [4.78, 5) is 0. The first-order chi connectivity index (χ1) is 2.77. The van der Waals surface area contributed by atoms with Crippen LogP contribution in [0.25, 0.3) is 0 Å². The standard InChI is InChI=1S/C4H7NS/c1-3-6-4(2)5/h3,5H,1H2,2H3. The van der Waals surface area contributed by atoms with Crippen molar-refractivity contribution in [3.8, 4) is 0 Å². The number of nitrogens with one attached hydrogen (secondary N) is 1. The van der Waals surface area contributed by atoms with Crippen LogP contribution in [0, 0.1) is 5.41 Å². The molecule has 0 aliphatic heterocycles. The Bertz CT molecular complexity index is 67.9. The van der Waals surface area contributed by atoms with Crippen molar-refractivity contribution < 1.29 is 0 Å². The van der Waals surface area contributed by atoms with E-state index in [4.69, 9.17) is 5.41 Å². The molecule has 2 heteroatoms. The van der Waals surface area contributed by atoms with Gasteiger partial charge in [-0.15, -0.1) is 0 Å². The van der Waals surface area contributed by atoms with Crippen LogP contribution in [-0.2, 0) is 0 Å². The van der Waals surface area contributed by atoms with Crippen LogP contribution in [0.15, 0.2) is 12.0 Å². The summed E-state index contributed by atoms with van der Waals surface area (Å²) < 4.78 is 0. The summed E-state index contributed by atoms with van der Waals surface area (Å²) in [5, 5.41) is 9.02. The average Bonchev–Trinajstić information content (AvgIpc) is 1.35. The summed E-state index contributed by atoms with van der Waals surface area (Å²) in [5.74, 6) is 0. The second kappa shape index (κ2) is 2.97. The molecule has 0 fully saturated rings. The zero-order valence-corrected chi connectivity index (χ0v) is 4.51. The van der Waals surface area contributed by atoms with E-state index in [0.717, 1.165) is 0 Å². The SMILES string of the molecule is C=CSC(C)=N. The van der Waals surface area contributed by atoms with Gasteiger partial charge >= 0.3 is 0 Å². The molecule has 0 rings (SSSR count). The van der Waals surface area contributed by atoms with Crippen molar-refractivity contribution in [3.05, 3.63) is 12.0 Å². The molecule has 1 nitrogen and oxygen atoms in total. The first kappa shape index (κ1) is 5.76. The topological polar surface area (TPSA) is 23.9 Å². The van der Waals surface area contributed by atoms with Gasteiger partial charge in [0, 0.05) is 0 Å². The lowest BCUT2D eigenvalue weighted by Crippen LogP contribution is -1.69. The molecule has 34 valence electrons. The Balaban J connectivity index is 3.05. The van der Waals surface area contributed by atoms with Crippen molar-refractivity contribution in [2.75, 3.05) is 0 Å². The maximum atomic E-state index is 6.79. The average molecular weight is 101 g/mol. The van der Waals surface area contributed by atoms with Gasteiger partial charge in [0.2, 0.25) is 0 Å². The largest absolute Gasteiger partial charge is 0.298 e. The molecule has 0 spiro atoms. The van der Waals surface area contributed by atoms with E-state index in [-0.39, 0.29) is 0 Å². The fourth-order valence-corrected chi connectivity index (χ4v) is 0.375. The lowest BCUT2D eigenvalue weighted by atomic mass is 10.9. The molecule has 0 aliphatic rings. The molecule has 0 aliphatic carbocycles. The van der Waals surface area contributed by atoms with E-state index in [1.807, 2.05) is 0 Å². The minimum absolute atomic E-state index is 0.588. The summed E-state index contributed by atoms with van der Waals surface area (Å²) in [6.07, 6.45) is 0. The van der Waals surface area contributed by atoms with Gasteiger partial charge in [-0.1, -0.05) is 18.3 Å². The van der Waals surface area contributed by atoms with Crippen LogP contribution >= 0.6 is 11.8 Å². The third-order valence-corrected chi connectivity index (χ3v) is 0.780. The van der Waals surface area contributed by atoms with E-state index in [2.05, 4.69) is 6.58 Å². The highest BCUT2D eigenvalue weighted by molar-refractivity contribution is 8.16. The third-order valence-electron chi connectivity index (χ3n) is 0.260. The normalized spacial score (nSPS) is 7.50. The van der Waals surface area contributed by atoms with Crippen LogP contribution in [-0.4, -0.2) is 5.04 Å². The monoisotopic (exact) mass is 101 g/mol. The molecule has 0 saturated carbocycles. The number of hydrogen-bond acceptors (Lipinski definition) is 2. The number of thioether (sulfide) groups is 1. The number of hydrogen-bond donors (Lipinski definition) is 1. The van der Waals surface area contributed by atoms with Gasteiger partial charge in [0.25, 0.3) is 0 Å². The molecule has 0 unspecified atom stereocenters. The smallest absolute Gasteiger partial charge is 0.0652 e. The molecule has 0 heterocycles. The van der Waals surface area contributed by atoms with Gasteiger partial charge in [0.05, 0.1) is 5.04 Å². The molecule has 0 aromatic carbocycles. The zero-order valence-electron chi connectivity index (χ0n) is 3.69. The predicted molar refractivity (Wildman–Crippen MR) is 31.2 cm³/mol. The Labute approximate surface area is 42.0 Å². The summed E-state index contributed by atoms with van der Waals surface area (Å²) >= 11 is 1.33. The van der Waals surface area contributed by atoms with E-state index >= 15 is 0 Å². The zero-order chi connectivity index (χ0) is 4.99. The maximum Gasteiger partial charge on any atom is 0.0652 e. The molecule has 0 aromatic rings. The molecule has 6 heavy (non-hydrogen) atoms. The van der Waals surface area contributed by atoms with E-state index in [1.165, 1.54) is 11.8 Å². The second-order valence-electron chi connectivity index (χ2n) is 0.841. The quantitative estimate of drug-likeness (QED) is 0.395. The van der Waals surface area contributed by atoms with Crippen molar-refractivity contribution in [2.24, 2.45) is 0 Å². The van der Waals surface area contributed by atoms with Gasteiger partial charge in [-0.25, -0.2) is 0 Å². The van der Waals surface area contributed by atoms with Gasteiger partial charge in [0.1, 0.15) is 0 Å². The molecule has 1 N–H and O–H groups in total. The Kier molecular flexibility index (Phi) is 2.85. The van der Waals surface area contributed by atoms with Crippen LogP contribution in [0.4, 0.5) is 0 Å². The van der Waals surface area contributed by atoms with Crippen LogP contribution in [0.3, 0.4) is 0 Å². The fourth-order valence-electron chi connectivity index (χ4n) is 0.125. The Morgan fingerprint density at radius 3 is 2.50 bits per heavy atom. The van der Waals surface area contributed by atoms with Crippen LogP contribution < -0.4 is 0 Å². The van der Waals surface area contributed by atoms with Gasteiger partial charge < -0.3 is 0 Å². The lowest BCUT2D eigenvalue weighted by molar-refractivity contribution is 1.54. The summed E-state index contributed by atoms with van der Waals surface area (Å²) in [5.41, 5.74) is 0. The lowest BCUT2D eigenvalue weighted by Gasteiger charge is -1.80. The predicted octanol–water partition coefficient (Wildman–Crippen LogP) is 1.86.